The Morgan fingerprint density at radius 2 is 1.90 bits per heavy atom. The number of rotatable bonds is 2. The number of hydrogen-bond donors (Lipinski definition) is 2. The molecule has 0 saturated heterocycles. The van der Waals surface area contributed by atoms with Crippen molar-refractivity contribution in [3.63, 3.8) is 0 Å². The van der Waals surface area contributed by atoms with Crippen LogP contribution in [-0.2, 0) is 0 Å². The zero-order chi connectivity index (χ0) is 14.4. The summed E-state index contributed by atoms with van der Waals surface area (Å²) in [7, 11) is 0. The topological polar surface area (TPSA) is 50.9 Å². The van der Waals surface area contributed by atoms with Crippen LogP contribution in [0.1, 0.15) is 33.6 Å². The molecule has 3 N–H and O–H groups in total. The first-order valence-electron chi connectivity index (χ1n) is 7.31. The Morgan fingerprint density at radius 1 is 1.15 bits per heavy atom. The van der Waals surface area contributed by atoms with E-state index in [1.54, 1.807) is 0 Å². The van der Waals surface area contributed by atoms with Gasteiger partial charge in [-0.25, -0.2) is 4.98 Å². The molecule has 0 aliphatic heterocycles. The summed E-state index contributed by atoms with van der Waals surface area (Å²) in [4.78, 5) is 4.70. The van der Waals surface area contributed by atoms with Gasteiger partial charge in [0.1, 0.15) is 5.82 Å². The van der Waals surface area contributed by atoms with E-state index in [-0.39, 0.29) is 11.0 Å². The molecule has 0 unspecified atom stereocenters. The molecule has 1 fully saturated rings. The smallest absolute Gasteiger partial charge is 0.126 e. The minimum atomic E-state index is -0.123. The van der Waals surface area contributed by atoms with E-state index in [9.17, 15) is 0 Å². The number of nitrogens with zero attached hydrogens (tertiary/aromatic N) is 1. The molecule has 3 rings (SSSR count). The molecular weight excluding hydrogens is 246 g/mol. The Bertz CT molecular complexity index is 631. The van der Waals surface area contributed by atoms with Crippen molar-refractivity contribution in [1.29, 1.82) is 0 Å². The van der Waals surface area contributed by atoms with Gasteiger partial charge in [-0.3, -0.25) is 0 Å². The zero-order valence-corrected chi connectivity index (χ0v) is 12.5. The summed E-state index contributed by atoms with van der Waals surface area (Å²) in [6.45, 7) is 6.65. The molecule has 1 heterocycles. The highest BCUT2D eigenvalue weighted by Gasteiger charge is 2.49. The molecule has 0 spiro atoms. The molecule has 0 amide bonds. The molecule has 1 aliphatic rings. The summed E-state index contributed by atoms with van der Waals surface area (Å²) in [5.74, 6) is 0.944. The van der Waals surface area contributed by atoms with E-state index < -0.39 is 0 Å². The largest absolute Gasteiger partial charge is 0.367 e. The molecule has 0 radical (unpaired) electrons. The molecular formula is C17H23N3. The normalized spacial score (nSPS) is 28.7. The zero-order valence-electron chi connectivity index (χ0n) is 12.5. The number of benzene rings is 1. The summed E-state index contributed by atoms with van der Waals surface area (Å²) < 4.78 is 0. The van der Waals surface area contributed by atoms with Crippen LogP contribution in [0.4, 0.5) is 5.82 Å². The number of para-hydroxylation sites is 1. The average Bonchev–Trinajstić information content (AvgIpc) is 2.61. The van der Waals surface area contributed by atoms with Crippen molar-refractivity contribution in [3.8, 4) is 0 Å². The second-order valence-corrected chi connectivity index (χ2v) is 6.76. The van der Waals surface area contributed by atoms with Crippen LogP contribution in [0.15, 0.2) is 36.4 Å². The number of aromatic nitrogens is 1. The molecule has 2 aromatic rings. The van der Waals surface area contributed by atoms with Crippen LogP contribution in [0.3, 0.4) is 0 Å². The number of nitrogens with two attached hydrogens (primary N) is 1. The molecule has 2 atom stereocenters. The van der Waals surface area contributed by atoms with Crippen molar-refractivity contribution in [2.75, 3.05) is 5.32 Å². The lowest BCUT2D eigenvalue weighted by atomic mass is 9.75. The molecule has 20 heavy (non-hydrogen) atoms. The van der Waals surface area contributed by atoms with E-state index in [1.807, 2.05) is 18.2 Å². The van der Waals surface area contributed by atoms with Crippen LogP contribution in [0.2, 0.25) is 0 Å². The van der Waals surface area contributed by atoms with Crippen molar-refractivity contribution in [3.05, 3.63) is 36.4 Å². The van der Waals surface area contributed by atoms with Crippen molar-refractivity contribution >= 4 is 16.7 Å². The number of hydrogen-bond acceptors (Lipinski definition) is 3. The summed E-state index contributed by atoms with van der Waals surface area (Å²) in [5.41, 5.74) is 7.39. The fourth-order valence-electron chi connectivity index (χ4n) is 3.10. The fourth-order valence-corrected chi connectivity index (χ4v) is 3.10. The highest BCUT2D eigenvalue weighted by molar-refractivity contribution is 5.80. The second kappa shape index (κ2) is 4.45. The van der Waals surface area contributed by atoms with Crippen molar-refractivity contribution in [1.82, 2.24) is 4.98 Å². The van der Waals surface area contributed by atoms with E-state index in [0.29, 0.717) is 6.04 Å². The molecule has 0 bridgehead atoms. The first-order chi connectivity index (χ1) is 9.40. The van der Waals surface area contributed by atoms with Gasteiger partial charge in [0.25, 0.3) is 0 Å². The van der Waals surface area contributed by atoms with Gasteiger partial charge in [0.15, 0.2) is 0 Å². The Kier molecular flexibility index (Phi) is 2.98. The maximum Gasteiger partial charge on any atom is 0.126 e. The number of anilines is 1. The van der Waals surface area contributed by atoms with Gasteiger partial charge < -0.3 is 11.1 Å². The number of nitrogens with one attached hydrogen (secondary N) is 1. The Labute approximate surface area is 120 Å². The van der Waals surface area contributed by atoms with Gasteiger partial charge in [0.2, 0.25) is 0 Å². The predicted molar refractivity (Wildman–Crippen MR) is 84.8 cm³/mol. The van der Waals surface area contributed by atoms with E-state index in [0.717, 1.165) is 24.2 Å². The highest BCUT2D eigenvalue weighted by atomic mass is 15.1. The van der Waals surface area contributed by atoms with Crippen molar-refractivity contribution in [2.24, 2.45) is 11.1 Å². The number of fused-ring (bicyclic) bond motifs is 1. The van der Waals surface area contributed by atoms with Gasteiger partial charge in [0, 0.05) is 22.4 Å². The van der Waals surface area contributed by atoms with Gasteiger partial charge >= 0.3 is 0 Å². The third-order valence-corrected chi connectivity index (χ3v) is 5.22. The van der Waals surface area contributed by atoms with E-state index >= 15 is 0 Å². The summed E-state index contributed by atoms with van der Waals surface area (Å²) in [6, 6.07) is 12.7. The van der Waals surface area contributed by atoms with Crippen LogP contribution in [0, 0.1) is 5.41 Å². The Balaban J connectivity index is 1.87. The Morgan fingerprint density at radius 3 is 2.60 bits per heavy atom. The Hall–Kier alpha value is -1.61. The molecule has 1 saturated carbocycles. The first-order valence-corrected chi connectivity index (χ1v) is 7.31. The third-order valence-electron chi connectivity index (χ3n) is 5.22. The van der Waals surface area contributed by atoms with Gasteiger partial charge in [-0.15, -0.1) is 0 Å². The molecule has 3 nitrogen and oxygen atoms in total. The lowest BCUT2D eigenvalue weighted by Gasteiger charge is -2.39. The van der Waals surface area contributed by atoms with Crippen LogP contribution >= 0.6 is 0 Å². The summed E-state index contributed by atoms with van der Waals surface area (Å²) >= 11 is 0. The van der Waals surface area contributed by atoms with Gasteiger partial charge in [0.05, 0.1) is 5.52 Å². The van der Waals surface area contributed by atoms with Crippen molar-refractivity contribution in [2.45, 2.75) is 45.2 Å². The van der Waals surface area contributed by atoms with Gasteiger partial charge in [-0.1, -0.05) is 32.0 Å². The van der Waals surface area contributed by atoms with E-state index in [4.69, 9.17) is 10.7 Å². The highest BCUT2D eigenvalue weighted by Crippen LogP contribution is 2.45. The molecule has 3 heteroatoms. The molecule has 1 aromatic heterocycles. The van der Waals surface area contributed by atoms with Gasteiger partial charge in [-0.2, -0.15) is 0 Å². The number of pyridine rings is 1. The monoisotopic (exact) mass is 269 g/mol. The second-order valence-electron chi connectivity index (χ2n) is 6.76. The molecule has 1 aromatic carbocycles. The SMILES string of the molecule is CC1(C)[C@@H](Nc2ccc3ccccc3n2)CC[C@@]1(C)N. The van der Waals surface area contributed by atoms with Crippen LogP contribution in [0.5, 0.6) is 0 Å². The minimum absolute atomic E-state index is 0.0559. The lowest BCUT2D eigenvalue weighted by Crippen LogP contribution is -2.51. The first kappa shape index (κ1) is 13.4. The summed E-state index contributed by atoms with van der Waals surface area (Å²) in [5, 5.41) is 4.76. The summed E-state index contributed by atoms with van der Waals surface area (Å²) in [6.07, 6.45) is 2.14. The molecule has 1 aliphatic carbocycles. The maximum absolute atomic E-state index is 6.43. The van der Waals surface area contributed by atoms with E-state index in [2.05, 4.69) is 44.3 Å². The fraction of sp³-hybridized carbons (Fsp3) is 0.471. The standard InChI is InChI=1S/C17H23N3/c1-16(2)14(10-11-17(16,3)18)20-15-9-8-12-6-4-5-7-13(12)19-15/h4-9,14H,10-11,18H2,1-3H3,(H,19,20)/t14-,17+/m0/s1. The van der Waals surface area contributed by atoms with Crippen LogP contribution < -0.4 is 11.1 Å². The minimum Gasteiger partial charge on any atom is -0.367 e. The van der Waals surface area contributed by atoms with Crippen LogP contribution in [-0.4, -0.2) is 16.6 Å². The van der Waals surface area contributed by atoms with Gasteiger partial charge in [-0.05, 0) is 38.0 Å². The van der Waals surface area contributed by atoms with Crippen LogP contribution in [0.25, 0.3) is 10.9 Å². The maximum atomic E-state index is 6.43. The molecule has 106 valence electrons. The van der Waals surface area contributed by atoms with E-state index in [1.165, 1.54) is 5.39 Å². The van der Waals surface area contributed by atoms with Crippen molar-refractivity contribution < 1.29 is 0 Å². The lowest BCUT2D eigenvalue weighted by molar-refractivity contribution is 0.215. The third kappa shape index (κ3) is 2.06. The average molecular weight is 269 g/mol. The quantitative estimate of drug-likeness (QED) is 0.876. The predicted octanol–water partition coefficient (Wildman–Crippen LogP) is 3.55.